The van der Waals surface area contributed by atoms with Crippen molar-refractivity contribution in [1.29, 1.82) is 0 Å². The van der Waals surface area contributed by atoms with Gasteiger partial charge in [0.05, 0.1) is 18.2 Å². The van der Waals surface area contributed by atoms with Crippen molar-refractivity contribution in [3.63, 3.8) is 0 Å². The van der Waals surface area contributed by atoms with Crippen molar-refractivity contribution in [1.82, 2.24) is 4.98 Å². The van der Waals surface area contributed by atoms with E-state index in [1.807, 2.05) is 0 Å². The average Bonchev–Trinajstić information content (AvgIpc) is 2.81. The summed E-state index contributed by atoms with van der Waals surface area (Å²) in [5.41, 5.74) is -4.04. The van der Waals surface area contributed by atoms with Gasteiger partial charge >= 0.3 is 6.18 Å². The zero-order valence-corrected chi connectivity index (χ0v) is 8.48. The van der Waals surface area contributed by atoms with Crippen LogP contribution in [0.15, 0.2) is 47.4 Å². The van der Waals surface area contributed by atoms with Crippen LogP contribution in [0, 0.1) is 0 Å². The summed E-state index contributed by atoms with van der Waals surface area (Å²) < 4.78 is 43.7. The van der Waals surface area contributed by atoms with Crippen LogP contribution in [0.25, 0.3) is 0 Å². The van der Waals surface area contributed by atoms with E-state index in [2.05, 4.69) is 9.40 Å². The van der Waals surface area contributed by atoms with Crippen molar-refractivity contribution in [2.45, 2.75) is 11.8 Å². The molecule has 0 saturated carbocycles. The molecule has 2 aromatic heterocycles. The van der Waals surface area contributed by atoms with Crippen LogP contribution in [0.4, 0.5) is 13.2 Å². The second-order valence-corrected chi connectivity index (χ2v) is 3.44. The lowest BCUT2D eigenvalue weighted by Crippen LogP contribution is -2.43. The van der Waals surface area contributed by atoms with E-state index in [9.17, 15) is 18.3 Å². The number of rotatable bonds is 2. The first kappa shape index (κ1) is 11.7. The predicted molar refractivity (Wildman–Crippen MR) is 52.0 cm³/mol. The predicted octanol–water partition coefficient (Wildman–Crippen LogP) is 2.47. The Balaban J connectivity index is 2.61. The highest BCUT2D eigenvalue weighted by molar-refractivity contribution is 5.31. The lowest BCUT2D eigenvalue weighted by molar-refractivity contribution is -0.249. The smallest absolute Gasteiger partial charge is 0.427 e. The highest BCUT2D eigenvalue weighted by Gasteiger charge is 2.57. The number of hydrogen-bond donors (Lipinski definition) is 1. The van der Waals surface area contributed by atoms with Gasteiger partial charge in [0.25, 0.3) is 0 Å². The van der Waals surface area contributed by atoms with Crippen LogP contribution in [0.2, 0.25) is 0 Å². The lowest BCUT2D eigenvalue weighted by atomic mass is 9.91. The fourth-order valence-corrected chi connectivity index (χ4v) is 1.50. The molecule has 1 N–H and O–H groups in total. The SMILES string of the molecule is OC(c1ccoc1)(c1ccccn1)C(F)(F)F. The Morgan fingerprint density at radius 1 is 1.18 bits per heavy atom. The van der Waals surface area contributed by atoms with Gasteiger partial charge < -0.3 is 9.52 Å². The molecular formula is C11H8F3NO2. The number of furan rings is 1. The van der Waals surface area contributed by atoms with E-state index < -0.39 is 23.0 Å². The second-order valence-electron chi connectivity index (χ2n) is 3.44. The zero-order chi connectivity index (χ0) is 12.5. The number of hydrogen-bond acceptors (Lipinski definition) is 3. The van der Waals surface area contributed by atoms with Crippen LogP contribution >= 0.6 is 0 Å². The van der Waals surface area contributed by atoms with Crippen molar-refractivity contribution in [2.75, 3.05) is 0 Å². The molecule has 0 spiro atoms. The van der Waals surface area contributed by atoms with E-state index in [1.165, 1.54) is 18.3 Å². The van der Waals surface area contributed by atoms with Gasteiger partial charge in [-0.1, -0.05) is 6.07 Å². The molecule has 17 heavy (non-hydrogen) atoms. The molecule has 0 amide bonds. The van der Waals surface area contributed by atoms with Gasteiger partial charge in [0.1, 0.15) is 0 Å². The van der Waals surface area contributed by atoms with Crippen molar-refractivity contribution in [3.8, 4) is 0 Å². The topological polar surface area (TPSA) is 46.3 Å². The van der Waals surface area contributed by atoms with E-state index in [0.717, 1.165) is 24.7 Å². The Kier molecular flexibility index (Phi) is 2.66. The molecule has 2 heterocycles. The normalized spacial score (nSPS) is 15.5. The Morgan fingerprint density at radius 3 is 2.41 bits per heavy atom. The second kappa shape index (κ2) is 3.89. The van der Waals surface area contributed by atoms with Gasteiger partial charge in [-0.05, 0) is 18.2 Å². The molecule has 0 radical (unpaired) electrons. The number of pyridine rings is 1. The first-order valence-corrected chi connectivity index (χ1v) is 4.69. The summed E-state index contributed by atoms with van der Waals surface area (Å²) in [5, 5.41) is 9.93. The fraction of sp³-hybridized carbons (Fsp3) is 0.182. The van der Waals surface area contributed by atoms with Gasteiger partial charge in [0.15, 0.2) is 0 Å². The molecule has 0 aromatic carbocycles. The van der Waals surface area contributed by atoms with Gasteiger partial charge in [0.2, 0.25) is 5.60 Å². The van der Waals surface area contributed by atoms with Crippen LogP contribution < -0.4 is 0 Å². The zero-order valence-electron chi connectivity index (χ0n) is 8.48. The molecule has 6 heteroatoms. The summed E-state index contributed by atoms with van der Waals surface area (Å²) in [7, 11) is 0. The first-order chi connectivity index (χ1) is 7.96. The molecule has 0 saturated heterocycles. The minimum Gasteiger partial charge on any atom is -0.472 e. The number of aliphatic hydroxyl groups is 1. The summed E-state index contributed by atoms with van der Waals surface area (Å²) >= 11 is 0. The van der Waals surface area contributed by atoms with Gasteiger partial charge in [-0.25, -0.2) is 0 Å². The van der Waals surface area contributed by atoms with Gasteiger partial charge in [0, 0.05) is 11.8 Å². The highest BCUT2D eigenvalue weighted by atomic mass is 19.4. The summed E-state index contributed by atoms with van der Waals surface area (Å²) in [6.07, 6.45) is -1.78. The van der Waals surface area contributed by atoms with Crippen molar-refractivity contribution in [2.24, 2.45) is 0 Å². The highest BCUT2D eigenvalue weighted by Crippen LogP contribution is 2.43. The van der Waals surface area contributed by atoms with Crippen LogP contribution in [0.1, 0.15) is 11.3 Å². The third kappa shape index (κ3) is 1.80. The van der Waals surface area contributed by atoms with Crippen molar-refractivity contribution >= 4 is 0 Å². The maximum Gasteiger partial charge on any atom is 0.427 e. The third-order valence-corrected chi connectivity index (χ3v) is 2.38. The molecule has 2 aromatic rings. The molecule has 1 unspecified atom stereocenters. The molecular weight excluding hydrogens is 235 g/mol. The molecule has 0 fully saturated rings. The van der Waals surface area contributed by atoms with Crippen molar-refractivity contribution < 1.29 is 22.7 Å². The third-order valence-electron chi connectivity index (χ3n) is 2.38. The summed E-state index contributed by atoms with van der Waals surface area (Å²) in [4.78, 5) is 3.56. The molecule has 90 valence electrons. The number of halogens is 3. The fourth-order valence-electron chi connectivity index (χ4n) is 1.50. The van der Waals surface area contributed by atoms with Crippen LogP contribution in [0.5, 0.6) is 0 Å². The maximum absolute atomic E-state index is 13.0. The Labute approximate surface area is 94.5 Å². The molecule has 1 atom stereocenters. The summed E-state index contributed by atoms with van der Waals surface area (Å²) in [5.74, 6) is 0. The van der Waals surface area contributed by atoms with Gasteiger partial charge in [-0.15, -0.1) is 0 Å². The molecule has 0 aliphatic carbocycles. The number of nitrogens with zero attached hydrogens (tertiary/aromatic N) is 1. The lowest BCUT2D eigenvalue weighted by Gasteiger charge is -2.28. The maximum atomic E-state index is 13.0. The Hall–Kier alpha value is -1.82. The van der Waals surface area contributed by atoms with Gasteiger partial charge in [-0.3, -0.25) is 4.98 Å². The van der Waals surface area contributed by atoms with E-state index in [1.54, 1.807) is 0 Å². The standard InChI is InChI=1S/C11H8F3NO2/c12-11(13,14)10(16,8-4-6-17-7-8)9-3-1-2-5-15-9/h1-7,16H. The molecule has 0 aliphatic rings. The van der Waals surface area contributed by atoms with Crippen molar-refractivity contribution in [3.05, 3.63) is 54.2 Å². The average molecular weight is 243 g/mol. The molecule has 0 aliphatic heterocycles. The Morgan fingerprint density at radius 2 is 1.94 bits per heavy atom. The monoisotopic (exact) mass is 243 g/mol. The minimum absolute atomic E-state index is 0.399. The molecule has 3 nitrogen and oxygen atoms in total. The van der Waals surface area contributed by atoms with Crippen LogP contribution in [-0.2, 0) is 5.60 Å². The van der Waals surface area contributed by atoms with E-state index in [0.29, 0.717) is 0 Å². The largest absolute Gasteiger partial charge is 0.472 e. The quantitative estimate of drug-likeness (QED) is 0.881. The van der Waals surface area contributed by atoms with E-state index >= 15 is 0 Å². The van der Waals surface area contributed by atoms with Crippen LogP contribution in [-0.4, -0.2) is 16.3 Å². The first-order valence-electron chi connectivity index (χ1n) is 4.69. The Bertz CT molecular complexity index is 481. The minimum atomic E-state index is -4.88. The van der Waals surface area contributed by atoms with Crippen LogP contribution in [0.3, 0.4) is 0 Å². The number of alkyl halides is 3. The van der Waals surface area contributed by atoms with E-state index in [4.69, 9.17) is 0 Å². The summed E-state index contributed by atoms with van der Waals surface area (Å²) in [6, 6.07) is 5.01. The number of aromatic nitrogens is 1. The molecule has 2 rings (SSSR count). The van der Waals surface area contributed by atoms with Gasteiger partial charge in [-0.2, -0.15) is 13.2 Å². The summed E-state index contributed by atoms with van der Waals surface area (Å²) in [6.45, 7) is 0. The molecule has 0 bridgehead atoms. The van der Waals surface area contributed by atoms with E-state index in [-0.39, 0.29) is 0 Å².